The van der Waals surface area contributed by atoms with Gasteiger partial charge in [-0.2, -0.15) is 0 Å². The SMILES string of the molecule is COc1ccc(OC)c(/C=C2\C(=O)NC(=O)N(c3cc(C)ccc3C)C2=O)c1. The molecule has 1 fully saturated rings. The topological polar surface area (TPSA) is 84.9 Å². The molecule has 1 aliphatic heterocycles. The average Bonchev–Trinajstić information content (AvgIpc) is 2.67. The van der Waals surface area contributed by atoms with Gasteiger partial charge in [0.15, 0.2) is 0 Å². The van der Waals surface area contributed by atoms with Gasteiger partial charge in [-0.3, -0.25) is 14.9 Å². The van der Waals surface area contributed by atoms with E-state index in [4.69, 9.17) is 9.47 Å². The number of barbiturate groups is 1. The molecule has 0 bridgehead atoms. The first kappa shape index (κ1) is 19.2. The summed E-state index contributed by atoms with van der Waals surface area (Å²) in [4.78, 5) is 38.8. The fourth-order valence-corrected chi connectivity index (χ4v) is 2.94. The van der Waals surface area contributed by atoms with Crippen molar-refractivity contribution in [2.45, 2.75) is 13.8 Å². The minimum Gasteiger partial charge on any atom is -0.497 e. The number of carbonyl (C=O) groups is 3. The van der Waals surface area contributed by atoms with Gasteiger partial charge in [0.05, 0.1) is 19.9 Å². The molecular formula is C21H20N2O5. The van der Waals surface area contributed by atoms with Crippen molar-refractivity contribution in [1.29, 1.82) is 0 Å². The van der Waals surface area contributed by atoms with Crippen molar-refractivity contribution < 1.29 is 23.9 Å². The van der Waals surface area contributed by atoms with Gasteiger partial charge in [-0.15, -0.1) is 0 Å². The van der Waals surface area contributed by atoms with Crippen molar-refractivity contribution in [3.8, 4) is 11.5 Å². The lowest BCUT2D eigenvalue weighted by Gasteiger charge is -2.28. The summed E-state index contributed by atoms with van der Waals surface area (Å²) in [5.74, 6) is -0.461. The molecule has 0 spiro atoms. The summed E-state index contributed by atoms with van der Waals surface area (Å²) in [6.07, 6.45) is 1.39. The molecule has 2 aromatic rings. The van der Waals surface area contributed by atoms with E-state index in [0.717, 1.165) is 16.0 Å². The van der Waals surface area contributed by atoms with Gasteiger partial charge < -0.3 is 9.47 Å². The second-order valence-electron chi connectivity index (χ2n) is 6.36. The van der Waals surface area contributed by atoms with Crippen molar-refractivity contribution in [3.05, 3.63) is 58.7 Å². The third-order valence-electron chi connectivity index (χ3n) is 4.44. The lowest BCUT2D eigenvalue weighted by molar-refractivity contribution is -0.122. The summed E-state index contributed by atoms with van der Waals surface area (Å²) in [7, 11) is 3.00. The number of rotatable bonds is 4. The Kier molecular flexibility index (Phi) is 5.17. The van der Waals surface area contributed by atoms with Crippen LogP contribution in [0.4, 0.5) is 10.5 Å². The molecule has 4 amide bonds. The highest BCUT2D eigenvalue weighted by molar-refractivity contribution is 6.39. The number of carbonyl (C=O) groups excluding carboxylic acids is 3. The number of benzene rings is 2. The van der Waals surface area contributed by atoms with Gasteiger partial charge in [0.25, 0.3) is 11.8 Å². The summed E-state index contributed by atoms with van der Waals surface area (Å²) >= 11 is 0. The molecule has 7 nitrogen and oxygen atoms in total. The molecule has 0 aliphatic carbocycles. The Hall–Kier alpha value is -3.61. The van der Waals surface area contributed by atoms with Gasteiger partial charge >= 0.3 is 6.03 Å². The van der Waals surface area contributed by atoms with Crippen molar-refractivity contribution in [2.24, 2.45) is 0 Å². The maximum Gasteiger partial charge on any atom is 0.335 e. The predicted molar refractivity (Wildman–Crippen MR) is 104 cm³/mol. The number of imide groups is 2. The van der Waals surface area contributed by atoms with Crippen molar-refractivity contribution in [3.63, 3.8) is 0 Å². The molecule has 0 unspecified atom stereocenters. The van der Waals surface area contributed by atoms with Crippen LogP contribution in [0.25, 0.3) is 6.08 Å². The normalized spacial score (nSPS) is 15.6. The van der Waals surface area contributed by atoms with E-state index in [1.807, 2.05) is 19.1 Å². The van der Waals surface area contributed by atoms with Crippen molar-refractivity contribution in [1.82, 2.24) is 5.32 Å². The molecule has 1 aliphatic rings. The summed E-state index contributed by atoms with van der Waals surface area (Å²) in [6, 6.07) is 9.67. The molecule has 0 aromatic heterocycles. The van der Waals surface area contributed by atoms with E-state index in [1.165, 1.54) is 20.3 Å². The number of nitrogens with one attached hydrogen (secondary N) is 1. The van der Waals surface area contributed by atoms with Gasteiger partial charge in [-0.25, -0.2) is 9.69 Å². The fourth-order valence-electron chi connectivity index (χ4n) is 2.94. The zero-order valence-corrected chi connectivity index (χ0v) is 16.0. The number of hydrogen-bond acceptors (Lipinski definition) is 5. The molecule has 0 saturated carbocycles. The predicted octanol–water partition coefficient (Wildman–Crippen LogP) is 2.99. The van der Waals surface area contributed by atoms with Crippen molar-refractivity contribution in [2.75, 3.05) is 19.1 Å². The molecule has 7 heteroatoms. The van der Waals surface area contributed by atoms with E-state index in [1.54, 1.807) is 31.2 Å². The molecule has 1 N–H and O–H groups in total. The Balaban J connectivity index is 2.10. The standard InChI is InChI=1S/C21H20N2O5/c1-12-5-6-13(2)17(9-12)23-20(25)16(19(24)22-21(23)26)11-14-10-15(27-3)7-8-18(14)28-4/h5-11H,1-4H3,(H,22,24,26)/b16-11+. The number of ether oxygens (including phenoxy) is 2. The van der Waals surface area contributed by atoms with Crippen LogP contribution in [-0.2, 0) is 9.59 Å². The molecule has 28 heavy (non-hydrogen) atoms. The summed E-state index contributed by atoms with van der Waals surface area (Å²) in [6.45, 7) is 3.65. The number of hydrogen-bond donors (Lipinski definition) is 1. The highest BCUT2D eigenvalue weighted by Gasteiger charge is 2.37. The van der Waals surface area contributed by atoms with Crippen LogP contribution in [0, 0.1) is 13.8 Å². The van der Waals surface area contributed by atoms with E-state index >= 15 is 0 Å². The Morgan fingerprint density at radius 2 is 1.71 bits per heavy atom. The summed E-state index contributed by atoms with van der Waals surface area (Å²) in [5, 5.41) is 2.23. The maximum absolute atomic E-state index is 13.1. The Morgan fingerprint density at radius 3 is 2.39 bits per heavy atom. The van der Waals surface area contributed by atoms with Crippen LogP contribution in [0.15, 0.2) is 42.0 Å². The number of nitrogens with zero attached hydrogens (tertiary/aromatic N) is 1. The maximum atomic E-state index is 13.1. The van der Waals surface area contributed by atoms with Gasteiger partial charge in [0.2, 0.25) is 0 Å². The number of aryl methyl sites for hydroxylation is 2. The lowest BCUT2D eigenvalue weighted by atomic mass is 10.0. The smallest absolute Gasteiger partial charge is 0.335 e. The fraction of sp³-hybridized carbons (Fsp3) is 0.190. The third kappa shape index (κ3) is 3.46. The second-order valence-corrected chi connectivity index (χ2v) is 6.36. The van der Waals surface area contributed by atoms with Crippen LogP contribution in [0.5, 0.6) is 11.5 Å². The molecule has 144 valence electrons. The first-order valence-electron chi connectivity index (χ1n) is 8.56. The van der Waals surface area contributed by atoms with Crippen LogP contribution in [0.2, 0.25) is 0 Å². The molecule has 1 heterocycles. The largest absolute Gasteiger partial charge is 0.497 e. The zero-order chi connectivity index (χ0) is 20.4. The molecule has 3 rings (SSSR count). The summed E-state index contributed by atoms with van der Waals surface area (Å²) < 4.78 is 10.5. The first-order chi connectivity index (χ1) is 13.3. The van der Waals surface area contributed by atoms with Crippen LogP contribution in [0.3, 0.4) is 0 Å². The van der Waals surface area contributed by atoms with E-state index in [9.17, 15) is 14.4 Å². The molecule has 0 atom stereocenters. The highest BCUT2D eigenvalue weighted by atomic mass is 16.5. The van der Waals surface area contributed by atoms with Crippen LogP contribution < -0.4 is 19.7 Å². The van der Waals surface area contributed by atoms with Gasteiger partial charge in [-0.1, -0.05) is 12.1 Å². The minimum atomic E-state index is -0.779. The number of anilines is 1. The summed E-state index contributed by atoms with van der Waals surface area (Å²) in [5.41, 5.74) is 2.36. The Bertz CT molecular complexity index is 1010. The van der Waals surface area contributed by atoms with E-state index in [2.05, 4.69) is 5.32 Å². The van der Waals surface area contributed by atoms with E-state index in [-0.39, 0.29) is 5.57 Å². The number of amides is 4. The van der Waals surface area contributed by atoms with Gasteiger partial charge in [-0.05, 0) is 55.3 Å². The first-order valence-corrected chi connectivity index (χ1v) is 8.56. The molecule has 1 saturated heterocycles. The Labute approximate surface area is 162 Å². The van der Waals surface area contributed by atoms with Gasteiger partial charge in [0, 0.05) is 5.56 Å². The quantitative estimate of drug-likeness (QED) is 0.651. The van der Waals surface area contributed by atoms with Gasteiger partial charge in [0.1, 0.15) is 17.1 Å². The zero-order valence-electron chi connectivity index (χ0n) is 16.0. The number of methoxy groups -OCH3 is 2. The van der Waals surface area contributed by atoms with Crippen LogP contribution in [-0.4, -0.2) is 32.1 Å². The van der Waals surface area contributed by atoms with E-state index < -0.39 is 17.8 Å². The monoisotopic (exact) mass is 380 g/mol. The lowest BCUT2D eigenvalue weighted by Crippen LogP contribution is -2.54. The van der Waals surface area contributed by atoms with Crippen LogP contribution in [0.1, 0.15) is 16.7 Å². The number of urea groups is 1. The van der Waals surface area contributed by atoms with Crippen LogP contribution >= 0.6 is 0 Å². The van der Waals surface area contributed by atoms with Crippen molar-refractivity contribution >= 4 is 29.6 Å². The Morgan fingerprint density at radius 1 is 0.964 bits per heavy atom. The molecule has 2 aromatic carbocycles. The van der Waals surface area contributed by atoms with E-state index in [0.29, 0.717) is 22.7 Å². The average molecular weight is 380 g/mol. The highest BCUT2D eigenvalue weighted by Crippen LogP contribution is 2.29. The third-order valence-corrected chi connectivity index (χ3v) is 4.44. The molecule has 0 radical (unpaired) electrons. The molecular weight excluding hydrogens is 360 g/mol. The minimum absolute atomic E-state index is 0.174. The second kappa shape index (κ2) is 7.56.